The standard InChI is InChI=1S/C14H30N2O/c1-13(2)17-11-5-4-8-15-12-14-6-9-16(3)10-7-14/h13-15H,4-12H2,1-3H3. The predicted molar refractivity (Wildman–Crippen MR) is 73.4 cm³/mol. The molecule has 0 bridgehead atoms. The van der Waals surface area contributed by atoms with E-state index in [-0.39, 0.29) is 0 Å². The van der Waals surface area contributed by atoms with Crippen molar-refractivity contribution in [2.24, 2.45) is 5.92 Å². The van der Waals surface area contributed by atoms with Crippen LogP contribution in [0.1, 0.15) is 39.5 Å². The average molecular weight is 242 g/mol. The lowest BCUT2D eigenvalue weighted by Gasteiger charge is -2.29. The van der Waals surface area contributed by atoms with E-state index in [1.165, 1.54) is 45.3 Å². The molecular formula is C14H30N2O. The summed E-state index contributed by atoms with van der Waals surface area (Å²) < 4.78 is 5.52. The summed E-state index contributed by atoms with van der Waals surface area (Å²) in [6, 6.07) is 0. The van der Waals surface area contributed by atoms with Crippen LogP contribution in [0.5, 0.6) is 0 Å². The molecule has 0 aliphatic carbocycles. The van der Waals surface area contributed by atoms with Crippen molar-refractivity contribution in [1.82, 2.24) is 10.2 Å². The number of piperidine rings is 1. The van der Waals surface area contributed by atoms with E-state index in [9.17, 15) is 0 Å². The second kappa shape index (κ2) is 8.90. The second-order valence-corrected chi connectivity index (χ2v) is 5.58. The molecule has 0 aromatic rings. The van der Waals surface area contributed by atoms with Gasteiger partial charge in [-0.2, -0.15) is 0 Å². The van der Waals surface area contributed by atoms with Gasteiger partial charge in [0.2, 0.25) is 0 Å². The summed E-state index contributed by atoms with van der Waals surface area (Å²) in [5, 5.41) is 3.58. The van der Waals surface area contributed by atoms with E-state index in [2.05, 4.69) is 31.1 Å². The van der Waals surface area contributed by atoms with Crippen molar-refractivity contribution in [2.45, 2.75) is 45.6 Å². The van der Waals surface area contributed by atoms with Gasteiger partial charge in [0.05, 0.1) is 6.10 Å². The first-order valence-electron chi connectivity index (χ1n) is 7.19. The highest BCUT2D eigenvalue weighted by atomic mass is 16.5. The van der Waals surface area contributed by atoms with Crippen LogP contribution in [0.3, 0.4) is 0 Å². The second-order valence-electron chi connectivity index (χ2n) is 5.58. The van der Waals surface area contributed by atoms with Gasteiger partial charge in [-0.15, -0.1) is 0 Å². The Balaban J connectivity index is 1.84. The lowest BCUT2D eigenvalue weighted by Crippen LogP contribution is -2.35. The van der Waals surface area contributed by atoms with Crippen molar-refractivity contribution in [3.8, 4) is 0 Å². The Morgan fingerprint density at radius 3 is 2.59 bits per heavy atom. The maximum atomic E-state index is 5.52. The summed E-state index contributed by atoms with van der Waals surface area (Å²) in [4.78, 5) is 2.43. The highest BCUT2D eigenvalue weighted by molar-refractivity contribution is 4.71. The van der Waals surface area contributed by atoms with Crippen molar-refractivity contribution in [3.05, 3.63) is 0 Å². The van der Waals surface area contributed by atoms with Crippen LogP contribution in [0.4, 0.5) is 0 Å². The zero-order valence-electron chi connectivity index (χ0n) is 11.9. The number of likely N-dealkylation sites (tertiary alicyclic amines) is 1. The van der Waals surface area contributed by atoms with E-state index in [1.807, 2.05) is 0 Å². The predicted octanol–water partition coefficient (Wildman–Crippen LogP) is 2.12. The molecule has 102 valence electrons. The van der Waals surface area contributed by atoms with Crippen molar-refractivity contribution in [1.29, 1.82) is 0 Å². The molecule has 0 aromatic heterocycles. The first-order valence-corrected chi connectivity index (χ1v) is 7.19. The Morgan fingerprint density at radius 1 is 1.24 bits per heavy atom. The van der Waals surface area contributed by atoms with Gasteiger partial charge in [-0.3, -0.25) is 0 Å². The number of nitrogens with zero attached hydrogens (tertiary/aromatic N) is 1. The van der Waals surface area contributed by atoms with E-state index in [0.717, 1.165) is 19.1 Å². The van der Waals surface area contributed by atoms with Gasteiger partial charge in [0.25, 0.3) is 0 Å². The zero-order chi connectivity index (χ0) is 12.5. The first-order chi connectivity index (χ1) is 8.18. The lowest BCUT2D eigenvalue weighted by atomic mass is 9.97. The average Bonchev–Trinajstić information content (AvgIpc) is 2.30. The molecule has 0 aromatic carbocycles. The highest BCUT2D eigenvalue weighted by Gasteiger charge is 2.15. The molecule has 1 aliphatic heterocycles. The molecule has 1 fully saturated rings. The minimum Gasteiger partial charge on any atom is -0.379 e. The smallest absolute Gasteiger partial charge is 0.0518 e. The highest BCUT2D eigenvalue weighted by Crippen LogP contribution is 2.14. The summed E-state index contributed by atoms with van der Waals surface area (Å²) in [7, 11) is 2.22. The minimum atomic E-state index is 0.377. The largest absolute Gasteiger partial charge is 0.379 e. The SMILES string of the molecule is CC(C)OCCCCNCC1CCN(C)CC1. The van der Waals surface area contributed by atoms with Gasteiger partial charge in [0.15, 0.2) is 0 Å². The fourth-order valence-electron chi connectivity index (χ4n) is 2.24. The van der Waals surface area contributed by atoms with Crippen LogP contribution in [0.25, 0.3) is 0 Å². The molecule has 0 radical (unpaired) electrons. The third kappa shape index (κ3) is 7.74. The van der Waals surface area contributed by atoms with Gasteiger partial charge in [-0.05, 0) is 78.7 Å². The zero-order valence-corrected chi connectivity index (χ0v) is 11.9. The van der Waals surface area contributed by atoms with E-state index < -0.39 is 0 Å². The lowest BCUT2D eigenvalue weighted by molar-refractivity contribution is 0.0760. The first kappa shape index (κ1) is 14.9. The van der Waals surface area contributed by atoms with Crippen LogP contribution in [0.15, 0.2) is 0 Å². The minimum absolute atomic E-state index is 0.377. The Labute approximate surface area is 107 Å². The Morgan fingerprint density at radius 2 is 1.94 bits per heavy atom. The number of rotatable bonds is 8. The quantitative estimate of drug-likeness (QED) is 0.660. The summed E-state index contributed by atoms with van der Waals surface area (Å²) in [5.74, 6) is 0.901. The number of hydrogen-bond acceptors (Lipinski definition) is 3. The number of ether oxygens (including phenoxy) is 1. The monoisotopic (exact) mass is 242 g/mol. The Bertz CT molecular complexity index is 177. The molecule has 17 heavy (non-hydrogen) atoms. The van der Waals surface area contributed by atoms with Crippen LogP contribution >= 0.6 is 0 Å². The number of hydrogen-bond donors (Lipinski definition) is 1. The van der Waals surface area contributed by atoms with Crippen molar-refractivity contribution < 1.29 is 4.74 Å². The molecule has 0 atom stereocenters. The molecule has 3 heteroatoms. The molecule has 1 heterocycles. The maximum absolute atomic E-state index is 5.52. The normalized spacial score (nSPS) is 19.1. The van der Waals surface area contributed by atoms with E-state index in [1.54, 1.807) is 0 Å². The van der Waals surface area contributed by atoms with Crippen molar-refractivity contribution in [2.75, 3.05) is 39.8 Å². The van der Waals surface area contributed by atoms with Gasteiger partial charge in [0, 0.05) is 6.61 Å². The number of unbranched alkanes of at least 4 members (excludes halogenated alkanes) is 1. The molecule has 3 nitrogen and oxygen atoms in total. The van der Waals surface area contributed by atoms with Crippen molar-refractivity contribution >= 4 is 0 Å². The molecule has 0 saturated carbocycles. The fourth-order valence-corrected chi connectivity index (χ4v) is 2.24. The molecule has 0 unspecified atom stereocenters. The van der Waals surface area contributed by atoms with Crippen LogP contribution in [0, 0.1) is 5.92 Å². The van der Waals surface area contributed by atoms with E-state index in [4.69, 9.17) is 4.74 Å². The van der Waals surface area contributed by atoms with Gasteiger partial charge < -0.3 is 15.0 Å². The van der Waals surface area contributed by atoms with Crippen LogP contribution < -0.4 is 5.32 Å². The van der Waals surface area contributed by atoms with Gasteiger partial charge in [-0.25, -0.2) is 0 Å². The van der Waals surface area contributed by atoms with E-state index >= 15 is 0 Å². The Kier molecular flexibility index (Phi) is 7.82. The third-order valence-corrected chi connectivity index (χ3v) is 3.47. The van der Waals surface area contributed by atoms with Crippen LogP contribution in [-0.2, 0) is 4.74 Å². The summed E-state index contributed by atoms with van der Waals surface area (Å²) in [6.45, 7) is 10.0. The van der Waals surface area contributed by atoms with Crippen LogP contribution in [-0.4, -0.2) is 50.8 Å². The summed E-state index contributed by atoms with van der Waals surface area (Å²) in [5.41, 5.74) is 0. The molecule has 1 saturated heterocycles. The molecule has 0 spiro atoms. The van der Waals surface area contributed by atoms with Gasteiger partial charge >= 0.3 is 0 Å². The van der Waals surface area contributed by atoms with Crippen LogP contribution in [0.2, 0.25) is 0 Å². The van der Waals surface area contributed by atoms with E-state index in [0.29, 0.717) is 6.10 Å². The molecule has 1 aliphatic rings. The number of nitrogens with one attached hydrogen (secondary N) is 1. The summed E-state index contributed by atoms with van der Waals surface area (Å²) >= 11 is 0. The van der Waals surface area contributed by atoms with Gasteiger partial charge in [0.1, 0.15) is 0 Å². The van der Waals surface area contributed by atoms with Gasteiger partial charge in [-0.1, -0.05) is 0 Å². The molecule has 1 rings (SSSR count). The van der Waals surface area contributed by atoms with Crippen molar-refractivity contribution in [3.63, 3.8) is 0 Å². The topological polar surface area (TPSA) is 24.5 Å². The third-order valence-electron chi connectivity index (χ3n) is 3.47. The molecular weight excluding hydrogens is 212 g/mol. The maximum Gasteiger partial charge on any atom is 0.0518 e. The molecule has 1 N–H and O–H groups in total. The summed E-state index contributed by atoms with van der Waals surface area (Å²) in [6.07, 6.45) is 5.51. The molecule has 0 amide bonds. The Hall–Kier alpha value is -0.120. The fraction of sp³-hybridized carbons (Fsp3) is 1.00.